The maximum absolute atomic E-state index is 13.1. The van der Waals surface area contributed by atoms with Gasteiger partial charge in [0.05, 0.1) is 11.1 Å². The lowest BCUT2D eigenvalue weighted by atomic mass is 9.88. The lowest BCUT2D eigenvalue weighted by Gasteiger charge is -2.34. The fourth-order valence-corrected chi connectivity index (χ4v) is 4.00. The van der Waals surface area contributed by atoms with Gasteiger partial charge >= 0.3 is 6.18 Å². The van der Waals surface area contributed by atoms with Crippen LogP contribution in [0.2, 0.25) is 0 Å². The third-order valence-electron chi connectivity index (χ3n) is 5.57. The molecular formula is C20H25F3N2O2. The lowest BCUT2D eigenvalue weighted by Crippen LogP contribution is -2.48. The van der Waals surface area contributed by atoms with Crippen LogP contribution in [0, 0.1) is 5.92 Å². The Morgan fingerprint density at radius 1 is 0.963 bits per heavy atom. The molecule has 2 aliphatic rings. The van der Waals surface area contributed by atoms with Crippen LogP contribution in [0.4, 0.5) is 13.2 Å². The zero-order valence-electron chi connectivity index (χ0n) is 15.2. The number of nitrogens with one attached hydrogen (secondary N) is 1. The molecule has 2 amide bonds. The zero-order chi connectivity index (χ0) is 19.4. The average molecular weight is 382 g/mol. The summed E-state index contributed by atoms with van der Waals surface area (Å²) in [5.41, 5.74) is -1.21. The van der Waals surface area contributed by atoms with Crippen molar-refractivity contribution in [2.45, 2.75) is 57.2 Å². The summed E-state index contributed by atoms with van der Waals surface area (Å²) in [4.78, 5) is 26.4. The Morgan fingerprint density at radius 3 is 2.22 bits per heavy atom. The molecule has 1 aliphatic heterocycles. The molecule has 1 aromatic rings. The van der Waals surface area contributed by atoms with Gasteiger partial charge in [0.1, 0.15) is 0 Å². The molecule has 0 unspecified atom stereocenters. The van der Waals surface area contributed by atoms with E-state index in [-0.39, 0.29) is 23.4 Å². The quantitative estimate of drug-likeness (QED) is 0.859. The summed E-state index contributed by atoms with van der Waals surface area (Å²) in [5.74, 6) is -0.432. The highest BCUT2D eigenvalue weighted by Gasteiger charge is 2.36. The smallest absolute Gasteiger partial charge is 0.353 e. The third kappa shape index (κ3) is 4.82. The van der Waals surface area contributed by atoms with Crippen molar-refractivity contribution >= 4 is 11.8 Å². The summed E-state index contributed by atoms with van der Waals surface area (Å²) in [6.07, 6.45) is 1.79. The Hall–Kier alpha value is -2.05. The second-order valence-corrected chi connectivity index (χ2v) is 7.45. The fraction of sp³-hybridized carbons (Fsp3) is 0.600. The number of piperidine rings is 1. The van der Waals surface area contributed by atoms with Crippen molar-refractivity contribution in [3.8, 4) is 0 Å². The summed E-state index contributed by atoms with van der Waals surface area (Å²) < 4.78 is 39.4. The number of hydrogen-bond acceptors (Lipinski definition) is 2. The first-order valence-electron chi connectivity index (χ1n) is 9.62. The van der Waals surface area contributed by atoms with E-state index >= 15 is 0 Å². The van der Waals surface area contributed by atoms with Crippen molar-refractivity contribution in [1.82, 2.24) is 10.2 Å². The Kier molecular flexibility index (Phi) is 6.07. The van der Waals surface area contributed by atoms with E-state index in [1.165, 1.54) is 29.5 Å². The Balaban J connectivity index is 1.56. The molecule has 1 aromatic carbocycles. The lowest BCUT2D eigenvalue weighted by molar-refractivity contribution is -0.138. The summed E-state index contributed by atoms with van der Waals surface area (Å²) in [6.45, 7) is 0.696. The van der Waals surface area contributed by atoms with Gasteiger partial charge in [-0.25, -0.2) is 0 Å². The first-order valence-corrected chi connectivity index (χ1v) is 9.62. The van der Waals surface area contributed by atoms with E-state index in [9.17, 15) is 22.8 Å². The van der Waals surface area contributed by atoms with Gasteiger partial charge in [-0.05, 0) is 37.8 Å². The van der Waals surface area contributed by atoms with Crippen LogP contribution in [0.1, 0.15) is 60.9 Å². The summed E-state index contributed by atoms with van der Waals surface area (Å²) in [7, 11) is 0. The highest BCUT2D eigenvalue weighted by atomic mass is 19.4. The number of amides is 2. The first kappa shape index (κ1) is 19.7. The van der Waals surface area contributed by atoms with Crippen molar-refractivity contribution in [3.05, 3.63) is 35.4 Å². The molecule has 0 bridgehead atoms. The van der Waals surface area contributed by atoms with E-state index < -0.39 is 17.6 Å². The number of hydrogen-bond donors (Lipinski definition) is 1. The number of alkyl halides is 3. The van der Waals surface area contributed by atoms with Crippen LogP contribution in [0.3, 0.4) is 0 Å². The Morgan fingerprint density at radius 2 is 1.59 bits per heavy atom. The van der Waals surface area contributed by atoms with Gasteiger partial charge in [-0.2, -0.15) is 13.2 Å². The van der Waals surface area contributed by atoms with Gasteiger partial charge in [-0.1, -0.05) is 31.4 Å². The highest BCUT2D eigenvalue weighted by Crippen LogP contribution is 2.32. The van der Waals surface area contributed by atoms with Crippen LogP contribution >= 0.6 is 0 Å². The molecule has 3 rings (SSSR count). The average Bonchev–Trinajstić information content (AvgIpc) is 2.68. The molecule has 0 spiro atoms. The summed E-state index contributed by atoms with van der Waals surface area (Å²) in [5, 5.41) is 3.07. The van der Waals surface area contributed by atoms with Crippen molar-refractivity contribution in [2.24, 2.45) is 5.92 Å². The monoisotopic (exact) mass is 382 g/mol. The van der Waals surface area contributed by atoms with Crippen LogP contribution in [-0.2, 0) is 11.0 Å². The van der Waals surface area contributed by atoms with Crippen LogP contribution in [0.5, 0.6) is 0 Å². The number of carbonyl (C=O) groups excluding carboxylic acids is 2. The molecule has 0 aromatic heterocycles. The maximum atomic E-state index is 13.1. The van der Waals surface area contributed by atoms with Crippen molar-refractivity contribution < 1.29 is 22.8 Å². The van der Waals surface area contributed by atoms with Gasteiger partial charge in [-0.3, -0.25) is 9.59 Å². The fourth-order valence-electron chi connectivity index (χ4n) is 4.00. The predicted molar refractivity (Wildman–Crippen MR) is 95.1 cm³/mol. The van der Waals surface area contributed by atoms with Crippen molar-refractivity contribution in [1.29, 1.82) is 0 Å². The molecule has 1 saturated heterocycles. The molecule has 27 heavy (non-hydrogen) atoms. The van der Waals surface area contributed by atoms with Crippen LogP contribution < -0.4 is 5.32 Å². The molecule has 1 saturated carbocycles. The summed E-state index contributed by atoms with van der Waals surface area (Å²) in [6, 6.07) is 4.87. The number of carbonyl (C=O) groups is 2. The van der Waals surface area contributed by atoms with E-state index in [1.807, 2.05) is 0 Å². The van der Waals surface area contributed by atoms with Crippen molar-refractivity contribution in [2.75, 3.05) is 13.1 Å². The van der Waals surface area contributed by atoms with E-state index in [2.05, 4.69) is 5.32 Å². The van der Waals surface area contributed by atoms with E-state index in [4.69, 9.17) is 0 Å². The molecule has 1 heterocycles. The van der Waals surface area contributed by atoms with Crippen LogP contribution in [-0.4, -0.2) is 35.8 Å². The molecular weight excluding hydrogens is 357 g/mol. The van der Waals surface area contributed by atoms with E-state index in [1.54, 1.807) is 0 Å². The van der Waals surface area contributed by atoms with Gasteiger partial charge in [0.15, 0.2) is 0 Å². The molecule has 4 nitrogen and oxygen atoms in total. The molecule has 0 radical (unpaired) electrons. The van der Waals surface area contributed by atoms with Crippen LogP contribution in [0.15, 0.2) is 24.3 Å². The molecule has 1 N–H and O–H groups in total. The van der Waals surface area contributed by atoms with Gasteiger partial charge < -0.3 is 10.2 Å². The minimum atomic E-state index is -4.56. The molecule has 2 fully saturated rings. The van der Waals surface area contributed by atoms with Gasteiger partial charge in [0, 0.05) is 25.0 Å². The number of nitrogens with zero attached hydrogens (tertiary/aromatic N) is 1. The predicted octanol–water partition coefficient (Wildman–Crippen LogP) is 4.01. The van der Waals surface area contributed by atoms with Gasteiger partial charge in [0.2, 0.25) is 5.91 Å². The minimum Gasteiger partial charge on any atom is -0.353 e. The van der Waals surface area contributed by atoms with Gasteiger partial charge in [0.25, 0.3) is 5.91 Å². The Bertz CT molecular complexity index is 676. The largest absolute Gasteiger partial charge is 0.417 e. The number of rotatable bonds is 3. The molecule has 0 atom stereocenters. The first-order chi connectivity index (χ1) is 12.9. The third-order valence-corrected chi connectivity index (χ3v) is 5.57. The van der Waals surface area contributed by atoms with Crippen LogP contribution in [0.25, 0.3) is 0 Å². The standard InChI is InChI=1S/C20H25F3N2O2/c21-20(22,23)17-9-5-4-8-16(17)19(27)25-12-10-15(11-13-25)24-18(26)14-6-2-1-3-7-14/h4-5,8-9,14-15H,1-3,6-7,10-13H2,(H,24,26). The number of likely N-dealkylation sites (tertiary alicyclic amines) is 1. The maximum Gasteiger partial charge on any atom is 0.417 e. The molecule has 148 valence electrons. The van der Waals surface area contributed by atoms with Gasteiger partial charge in [-0.15, -0.1) is 0 Å². The minimum absolute atomic E-state index is 0.0127. The van der Waals surface area contributed by atoms with E-state index in [0.717, 1.165) is 31.7 Å². The van der Waals surface area contributed by atoms with Crippen molar-refractivity contribution in [3.63, 3.8) is 0 Å². The topological polar surface area (TPSA) is 49.4 Å². The molecule has 7 heteroatoms. The number of halogens is 3. The highest BCUT2D eigenvalue weighted by molar-refractivity contribution is 5.96. The molecule has 1 aliphatic carbocycles. The zero-order valence-corrected chi connectivity index (χ0v) is 15.2. The summed E-state index contributed by atoms with van der Waals surface area (Å²) >= 11 is 0. The normalized spacial score (nSPS) is 19.7. The number of benzene rings is 1. The Labute approximate surface area is 157 Å². The second kappa shape index (κ2) is 8.31. The van der Waals surface area contributed by atoms with E-state index in [0.29, 0.717) is 25.9 Å². The SMILES string of the molecule is O=C(NC1CCN(C(=O)c2ccccc2C(F)(F)F)CC1)C1CCCCC1. The second-order valence-electron chi connectivity index (χ2n) is 7.45.